The normalized spacial score (nSPS) is 10.3. The SMILES string of the molecule is COC(=O)c1ccc(CNc2cccc(Br)c2C)o1. The molecule has 1 N–H and O–H groups in total. The predicted octanol–water partition coefficient (Wildman–Crippen LogP) is 3.75. The summed E-state index contributed by atoms with van der Waals surface area (Å²) in [6.45, 7) is 2.53. The van der Waals surface area contributed by atoms with Crippen molar-refractivity contribution in [3.63, 3.8) is 0 Å². The number of anilines is 1. The van der Waals surface area contributed by atoms with Crippen molar-refractivity contribution in [1.29, 1.82) is 0 Å². The van der Waals surface area contributed by atoms with Crippen molar-refractivity contribution in [2.24, 2.45) is 0 Å². The Morgan fingerprint density at radius 2 is 2.16 bits per heavy atom. The Kier molecular flexibility index (Phi) is 4.27. The smallest absolute Gasteiger partial charge is 0.373 e. The van der Waals surface area contributed by atoms with Crippen LogP contribution in [0.25, 0.3) is 0 Å². The maximum Gasteiger partial charge on any atom is 0.373 e. The summed E-state index contributed by atoms with van der Waals surface area (Å²) >= 11 is 3.48. The Morgan fingerprint density at radius 1 is 1.37 bits per heavy atom. The van der Waals surface area contributed by atoms with Gasteiger partial charge in [0, 0.05) is 10.2 Å². The molecule has 100 valence electrons. The molecule has 0 unspecified atom stereocenters. The van der Waals surface area contributed by atoms with Gasteiger partial charge in [-0.15, -0.1) is 0 Å². The second-order valence-corrected chi connectivity index (χ2v) is 4.88. The van der Waals surface area contributed by atoms with Crippen molar-refractivity contribution in [3.8, 4) is 0 Å². The molecule has 0 aliphatic rings. The number of furan rings is 1. The van der Waals surface area contributed by atoms with Gasteiger partial charge in [-0.2, -0.15) is 0 Å². The topological polar surface area (TPSA) is 51.5 Å². The van der Waals surface area contributed by atoms with E-state index in [2.05, 4.69) is 26.0 Å². The van der Waals surface area contributed by atoms with E-state index in [0.717, 1.165) is 15.7 Å². The number of carbonyl (C=O) groups excluding carboxylic acids is 1. The highest BCUT2D eigenvalue weighted by Crippen LogP contribution is 2.24. The fourth-order valence-corrected chi connectivity index (χ4v) is 2.03. The molecule has 0 amide bonds. The third kappa shape index (κ3) is 3.17. The Labute approximate surface area is 119 Å². The number of hydrogen-bond donors (Lipinski definition) is 1. The highest BCUT2D eigenvalue weighted by molar-refractivity contribution is 9.10. The van der Waals surface area contributed by atoms with Gasteiger partial charge in [-0.1, -0.05) is 22.0 Å². The number of nitrogens with one attached hydrogen (secondary N) is 1. The van der Waals surface area contributed by atoms with Crippen LogP contribution in [0.15, 0.2) is 39.2 Å². The summed E-state index contributed by atoms with van der Waals surface area (Å²) in [4.78, 5) is 11.3. The maximum atomic E-state index is 11.3. The largest absolute Gasteiger partial charge is 0.463 e. The van der Waals surface area contributed by atoms with Crippen molar-refractivity contribution in [2.75, 3.05) is 12.4 Å². The molecule has 0 aliphatic carbocycles. The Hall–Kier alpha value is -1.75. The van der Waals surface area contributed by atoms with E-state index >= 15 is 0 Å². The summed E-state index contributed by atoms with van der Waals surface area (Å²) in [5.74, 6) is 0.426. The Balaban J connectivity index is 2.04. The lowest BCUT2D eigenvalue weighted by molar-refractivity contribution is 0.0563. The highest BCUT2D eigenvalue weighted by Gasteiger charge is 2.11. The first kappa shape index (κ1) is 13.7. The average molecular weight is 324 g/mol. The van der Waals surface area contributed by atoms with E-state index in [0.29, 0.717) is 12.3 Å². The van der Waals surface area contributed by atoms with E-state index in [1.165, 1.54) is 7.11 Å². The maximum absolute atomic E-state index is 11.3. The number of hydrogen-bond acceptors (Lipinski definition) is 4. The third-order valence-corrected chi connectivity index (χ3v) is 3.63. The van der Waals surface area contributed by atoms with Crippen molar-refractivity contribution < 1.29 is 13.9 Å². The fraction of sp³-hybridized carbons (Fsp3) is 0.214. The second-order valence-electron chi connectivity index (χ2n) is 4.02. The summed E-state index contributed by atoms with van der Waals surface area (Å²) in [6, 6.07) is 9.30. The lowest BCUT2D eigenvalue weighted by atomic mass is 10.2. The van der Waals surface area contributed by atoms with Gasteiger partial charge >= 0.3 is 5.97 Å². The molecule has 1 heterocycles. The van der Waals surface area contributed by atoms with Gasteiger partial charge in [-0.25, -0.2) is 4.79 Å². The lowest BCUT2D eigenvalue weighted by Gasteiger charge is -2.09. The van der Waals surface area contributed by atoms with E-state index in [1.807, 2.05) is 25.1 Å². The molecule has 1 aromatic carbocycles. The van der Waals surface area contributed by atoms with E-state index in [1.54, 1.807) is 12.1 Å². The molecule has 5 heteroatoms. The zero-order valence-electron chi connectivity index (χ0n) is 10.7. The van der Waals surface area contributed by atoms with Gasteiger partial charge in [-0.05, 0) is 36.8 Å². The molecule has 2 aromatic rings. The molecule has 4 nitrogen and oxygen atoms in total. The van der Waals surface area contributed by atoms with Gasteiger partial charge in [0.05, 0.1) is 13.7 Å². The molecule has 1 aromatic heterocycles. The second kappa shape index (κ2) is 5.93. The molecule has 0 radical (unpaired) electrons. The van der Waals surface area contributed by atoms with Crippen LogP contribution in [0.4, 0.5) is 5.69 Å². The van der Waals surface area contributed by atoms with E-state index < -0.39 is 5.97 Å². The van der Waals surface area contributed by atoms with E-state index in [-0.39, 0.29) is 5.76 Å². The van der Waals surface area contributed by atoms with Crippen LogP contribution in [0.5, 0.6) is 0 Å². The zero-order valence-corrected chi connectivity index (χ0v) is 12.3. The van der Waals surface area contributed by atoms with Crippen LogP contribution in [-0.2, 0) is 11.3 Å². The van der Waals surface area contributed by atoms with Crippen LogP contribution in [0.3, 0.4) is 0 Å². The molecular formula is C14H14BrNO3. The minimum Gasteiger partial charge on any atom is -0.463 e. The number of benzene rings is 1. The zero-order chi connectivity index (χ0) is 13.8. The van der Waals surface area contributed by atoms with Crippen molar-refractivity contribution in [2.45, 2.75) is 13.5 Å². The molecule has 0 spiro atoms. The summed E-state index contributed by atoms with van der Waals surface area (Å²) in [5, 5.41) is 3.26. The molecule has 0 saturated carbocycles. The minimum absolute atomic E-state index is 0.213. The van der Waals surface area contributed by atoms with Crippen LogP contribution in [-0.4, -0.2) is 13.1 Å². The first-order chi connectivity index (χ1) is 9.11. The standard InChI is InChI=1S/C14H14BrNO3/c1-9-11(15)4-3-5-12(9)16-8-10-6-7-13(19-10)14(17)18-2/h3-7,16H,8H2,1-2H3. The molecule has 0 atom stereocenters. The van der Waals surface area contributed by atoms with Crippen LogP contribution in [0.1, 0.15) is 21.9 Å². The Bertz CT molecular complexity index is 592. The molecule has 0 aliphatic heterocycles. The monoisotopic (exact) mass is 323 g/mol. The van der Waals surface area contributed by atoms with Gasteiger partial charge in [0.15, 0.2) is 0 Å². The average Bonchev–Trinajstić information content (AvgIpc) is 2.88. The van der Waals surface area contributed by atoms with Crippen molar-refractivity contribution in [3.05, 3.63) is 51.9 Å². The predicted molar refractivity (Wildman–Crippen MR) is 76.3 cm³/mol. The molecule has 19 heavy (non-hydrogen) atoms. The number of carbonyl (C=O) groups is 1. The van der Waals surface area contributed by atoms with Gasteiger partial charge in [0.1, 0.15) is 5.76 Å². The number of rotatable bonds is 4. The summed E-state index contributed by atoms with van der Waals surface area (Å²) in [6.07, 6.45) is 0. The number of esters is 1. The van der Waals surface area contributed by atoms with Gasteiger partial charge in [0.25, 0.3) is 0 Å². The summed E-state index contributed by atoms with van der Waals surface area (Å²) in [7, 11) is 1.33. The van der Waals surface area contributed by atoms with Crippen LogP contribution < -0.4 is 5.32 Å². The quantitative estimate of drug-likeness (QED) is 0.870. The number of halogens is 1. The summed E-state index contributed by atoms with van der Waals surface area (Å²) < 4.78 is 11.0. The van der Waals surface area contributed by atoms with E-state index in [9.17, 15) is 4.79 Å². The first-order valence-electron chi connectivity index (χ1n) is 5.78. The van der Waals surface area contributed by atoms with Crippen LogP contribution >= 0.6 is 15.9 Å². The van der Waals surface area contributed by atoms with Crippen molar-refractivity contribution in [1.82, 2.24) is 0 Å². The fourth-order valence-electron chi connectivity index (χ4n) is 1.66. The third-order valence-electron chi connectivity index (χ3n) is 2.77. The van der Waals surface area contributed by atoms with Crippen LogP contribution in [0.2, 0.25) is 0 Å². The van der Waals surface area contributed by atoms with Gasteiger partial charge < -0.3 is 14.5 Å². The molecule has 0 fully saturated rings. The highest BCUT2D eigenvalue weighted by atomic mass is 79.9. The van der Waals surface area contributed by atoms with E-state index in [4.69, 9.17) is 4.42 Å². The Morgan fingerprint density at radius 3 is 2.89 bits per heavy atom. The lowest BCUT2D eigenvalue weighted by Crippen LogP contribution is -2.01. The minimum atomic E-state index is -0.468. The van der Waals surface area contributed by atoms with Crippen LogP contribution in [0, 0.1) is 6.92 Å². The number of ether oxygens (including phenoxy) is 1. The molecule has 0 saturated heterocycles. The summed E-state index contributed by atoms with van der Waals surface area (Å²) in [5.41, 5.74) is 2.15. The molecule has 0 bridgehead atoms. The number of methoxy groups -OCH3 is 1. The van der Waals surface area contributed by atoms with Crippen molar-refractivity contribution >= 4 is 27.6 Å². The van der Waals surface area contributed by atoms with Gasteiger partial charge in [0.2, 0.25) is 5.76 Å². The van der Waals surface area contributed by atoms with Gasteiger partial charge in [-0.3, -0.25) is 0 Å². The first-order valence-corrected chi connectivity index (χ1v) is 6.57. The molecule has 2 rings (SSSR count). The molecular weight excluding hydrogens is 310 g/mol.